The van der Waals surface area contributed by atoms with Crippen molar-refractivity contribution in [1.82, 2.24) is 24.7 Å². The molecule has 170 valence electrons. The predicted octanol–water partition coefficient (Wildman–Crippen LogP) is 3.47. The number of nitrogens with zero attached hydrogens (tertiary/aromatic N) is 5. The summed E-state index contributed by atoms with van der Waals surface area (Å²) in [5, 5.41) is 6.34. The van der Waals surface area contributed by atoms with Crippen molar-refractivity contribution in [1.29, 1.82) is 0 Å². The molecule has 0 aliphatic carbocycles. The van der Waals surface area contributed by atoms with Gasteiger partial charge in [-0.25, -0.2) is 14.4 Å². The highest BCUT2D eigenvalue weighted by Gasteiger charge is 2.25. The van der Waals surface area contributed by atoms with E-state index in [0.717, 1.165) is 24.5 Å². The molecule has 1 aromatic carbocycles. The zero-order valence-electron chi connectivity index (χ0n) is 19.1. The molecule has 1 fully saturated rings. The van der Waals surface area contributed by atoms with Crippen LogP contribution in [0.4, 0.5) is 15.8 Å². The quantitative estimate of drug-likeness (QED) is 0.500. The fourth-order valence-electron chi connectivity index (χ4n) is 4.58. The molecule has 0 saturated carbocycles. The lowest BCUT2D eigenvalue weighted by molar-refractivity contribution is 0.102. The van der Waals surface area contributed by atoms with Crippen LogP contribution in [0.5, 0.6) is 0 Å². The van der Waals surface area contributed by atoms with Crippen LogP contribution in [0.25, 0.3) is 16.7 Å². The molecule has 0 bridgehead atoms. The minimum Gasteiger partial charge on any atom is -0.367 e. The first-order valence-electron chi connectivity index (χ1n) is 11.0. The molecule has 4 heterocycles. The Hall–Kier alpha value is -3.59. The maximum Gasteiger partial charge on any atom is 0.257 e. The van der Waals surface area contributed by atoms with Crippen LogP contribution in [-0.4, -0.2) is 50.4 Å². The standard InChI is InChI=1S/C24H26FN7O/c1-13-8-26-22-20(31-9-14(2)27-15(3)10-31)6-5-18(21(22)28-13)24(33)30-17-7-19(25)23-29-16(4)11-32(23)12-17/h5-8,11-12,14-15,27H,9-10H2,1-4H3,(H,30,33)/t14-,15-/m1/s1. The highest BCUT2D eigenvalue weighted by molar-refractivity contribution is 6.13. The number of aryl methyl sites for hydroxylation is 2. The Kier molecular flexibility index (Phi) is 5.20. The Balaban J connectivity index is 1.53. The van der Waals surface area contributed by atoms with Crippen LogP contribution in [0.3, 0.4) is 0 Å². The summed E-state index contributed by atoms with van der Waals surface area (Å²) in [5.74, 6) is -0.872. The Morgan fingerprint density at radius 1 is 1.09 bits per heavy atom. The van der Waals surface area contributed by atoms with E-state index in [4.69, 9.17) is 0 Å². The number of pyridine rings is 1. The van der Waals surface area contributed by atoms with Crippen LogP contribution in [0.1, 0.15) is 35.6 Å². The summed E-state index contributed by atoms with van der Waals surface area (Å²) >= 11 is 0. The number of halogens is 1. The Labute approximate surface area is 190 Å². The second-order valence-electron chi connectivity index (χ2n) is 8.86. The van der Waals surface area contributed by atoms with E-state index in [-0.39, 0.29) is 11.6 Å². The van der Waals surface area contributed by atoms with E-state index < -0.39 is 5.82 Å². The summed E-state index contributed by atoms with van der Waals surface area (Å²) in [7, 11) is 0. The van der Waals surface area contributed by atoms with Gasteiger partial charge in [0.1, 0.15) is 11.0 Å². The molecule has 0 unspecified atom stereocenters. The topological polar surface area (TPSA) is 87.5 Å². The van der Waals surface area contributed by atoms with Gasteiger partial charge < -0.3 is 19.9 Å². The first kappa shape index (κ1) is 21.3. The van der Waals surface area contributed by atoms with Crippen molar-refractivity contribution in [2.24, 2.45) is 0 Å². The number of benzene rings is 1. The van der Waals surface area contributed by atoms with Crippen molar-refractivity contribution >= 4 is 34.0 Å². The van der Waals surface area contributed by atoms with Crippen LogP contribution in [0.2, 0.25) is 0 Å². The van der Waals surface area contributed by atoms with E-state index in [1.165, 1.54) is 6.07 Å². The Morgan fingerprint density at radius 3 is 2.61 bits per heavy atom. The van der Waals surface area contributed by atoms with E-state index >= 15 is 0 Å². The minimum absolute atomic E-state index is 0.223. The number of anilines is 2. The lowest BCUT2D eigenvalue weighted by atomic mass is 10.1. The fraction of sp³-hybridized carbons (Fsp3) is 0.333. The number of nitrogens with one attached hydrogen (secondary N) is 2. The van der Waals surface area contributed by atoms with E-state index in [2.05, 4.69) is 44.3 Å². The molecule has 5 rings (SSSR count). The van der Waals surface area contributed by atoms with Crippen molar-refractivity contribution in [2.45, 2.75) is 39.8 Å². The van der Waals surface area contributed by atoms with Gasteiger partial charge in [0.15, 0.2) is 11.5 Å². The van der Waals surface area contributed by atoms with Crippen LogP contribution >= 0.6 is 0 Å². The normalized spacial score (nSPS) is 18.8. The number of hydrogen-bond acceptors (Lipinski definition) is 6. The van der Waals surface area contributed by atoms with Gasteiger partial charge in [0, 0.05) is 49.8 Å². The molecule has 0 radical (unpaired) electrons. The molecule has 4 aromatic rings. The van der Waals surface area contributed by atoms with Crippen molar-refractivity contribution in [2.75, 3.05) is 23.3 Å². The molecule has 33 heavy (non-hydrogen) atoms. The van der Waals surface area contributed by atoms with Crippen LogP contribution < -0.4 is 15.5 Å². The monoisotopic (exact) mass is 447 g/mol. The Bertz CT molecular complexity index is 1370. The number of piperazine rings is 1. The third-order valence-electron chi connectivity index (χ3n) is 5.83. The molecule has 1 saturated heterocycles. The summed E-state index contributed by atoms with van der Waals surface area (Å²) in [6.07, 6.45) is 5.07. The second-order valence-corrected chi connectivity index (χ2v) is 8.86. The van der Waals surface area contributed by atoms with E-state index in [1.54, 1.807) is 36.0 Å². The summed E-state index contributed by atoms with van der Waals surface area (Å²) in [6, 6.07) is 5.64. The molecule has 2 N–H and O–H groups in total. The van der Waals surface area contributed by atoms with Crippen molar-refractivity contribution in [3.05, 3.63) is 59.6 Å². The number of amides is 1. The lowest BCUT2D eigenvalue weighted by Gasteiger charge is -2.38. The van der Waals surface area contributed by atoms with Crippen LogP contribution in [-0.2, 0) is 0 Å². The maximum atomic E-state index is 14.5. The molecule has 0 spiro atoms. The SMILES string of the molecule is Cc1cnc2c(N3C[C@@H](C)N[C@H](C)C3)ccc(C(=O)Nc3cc(F)c4nc(C)cn4c3)c2n1. The van der Waals surface area contributed by atoms with Crippen molar-refractivity contribution in [3.63, 3.8) is 0 Å². The van der Waals surface area contributed by atoms with Crippen molar-refractivity contribution < 1.29 is 9.18 Å². The van der Waals surface area contributed by atoms with Gasteiger partial charge in [-0.15, -0.1) is 0 Å². The molecule has 9 heteroatoms. The minimum atomic E-state index is -0.501. The summed E-state index contributed by atoms with van der Waals surface area (Å²) in [4.78, 5) is 29.0. The summed E-state index contributed by atoms with van der Waals surface area (Å²) in [6.45, 7) is 9.62. The zero-order valence-corrected chi connectivity index (χ0v) is 19.1. The number of aromatic nitrogens is 4. The third-order valence-corrected chi connectivity index (χ3v) is 5.83. The molecule has 3 aromatic heterocycles. The largest absolute Gasteiger partial charge is 0.367 e. The van der Waals surface area contributed by atoms with Gasteiger partial charge in [-0.1, -0.05) is 0 Å². The molecular formula is C24H26FN7O. The third kappa shape index (κ3) is 4.00. The number of imidazole rings is 1. The van der Waals surface area contributed by atoms with E-state index in [0.29, 0.717) is 40.1 Å². The van der Waals surface area contributed by atoms with Gasteiger partial charge in [-0.3, -0.25) is 9.78 Å². The number of fused-ring (bicyclic) bond motifs is 2. The average Bonchev–Trinajstić information content (AvgIpc) is 3.12. The van der Waals surface area contributed by atoms with Gasteiger partial charge in [-0.05, 0) is 39.8 Å². The van der Waals surface area contributed by atoms with Gasteiger partial charge in [0.05, 0.1) is 28.3 Å². The van der Waals surface area contributed by atoms with Gasteiger partial charge in [0.25, 0.3) is 5.91 Å². The molecule has 1 aliphatic heterocycles. The predicted molar refractivity (Wildman–Crippen MR) is 126 cm³/mol. The number of carbonyl (C=O) groups excluding carboxylic acids is 1. The maximum absolute atomic E-state index is 14.5. The smallest absolute Gasteiger partial charge is 0.257 e. The van der Waals surface area contributed by atoms with Crippen LogP contribution in [0.15, 0.2) is 36.8 Å². The van der Waals surface area contributed by atoms with Gasteiger partial charge in [-0.2, -0.15) is 0 Å². The van der Waals surface area contributed by atoms with Crippen molar-refractivity contribution in [3.8, 4) is 0 Å². The van der Waals surface area contributed by atoms with E-state index in [1.807, 2.05) is 13.0 Å². The summed E-state index contributed by atoms with van der Waals surface area (Å²) in [5.41, 5.74) is 4.54. The lowest BCUT2D eigenvalue weighted by Crippen LogP contribution is -2.54. The number of carbonyl (C=O) groups is 1. The molecule has 1 aliphatic rings. The number of hydrogen-bond donors (Lipinski definition) is 2. The highest BCUT2D eigenvalue weighted by Crippen LogP contribution is 2.29. The van der Waals surface area contributed by atoms with Gasteiger partial charge >= 0.3 is 0 Å². The molecule has 1 amide bonds. The zero-order chi connectivity index (χ0) is 23.3. The highest BCUT2D eigenvalue weighted by atomic mass is 19.1. The Morgan fingerprint density at radius 2 is 1.85 bits per heavy atom. The van der Waals surface area contributed by atoms with Crippen LogP contribution in [0, 0.1) is 19.7 Å². The van der Waals surface area contributed by atoms with E-state index in [9.17, 15) is 9.18 Å². The molecule has 2 atom stereocenters. The first-order chi connectivity index (χ1) is 15.8. The molecule has 8 nitrogen and oxygen atoms in total. The first-order valence-corrected chi connectivity index (χ1v) is 11.0. The second kappa shape index (κ2) is 8.08. The average molecular weight is 448 g/mol. The van der Waals surface area contributed by atoms with Gasteiger partial charge in [0.2, 0.25) is 0 Å². The fourth-order valence-corrected chi connectivity index (χ4v) is 4.58. The molecular weight excluding hydrogens is 421 g/mol. The number of rotatable bonds is 3. The summed E-state index contributed by atoms with van der Waals surface area (Å²) < 4.78 is 16.0.